The highest BCUT2D eigenvalue weighted by atomic mass is 16.1. The summed E-state index contributed by atoms with van der Waals surface area (Å²) in [6, 6.07) is 29.2. The minimum atomic E-state index is -0.364. The molecule has 0 aliphatic carbocycles. The second-order valence-electron chi connectivity index (χ2n) is 5.59. The summed E-state index contributed by atoms with van der Waals surface area (Å²) in [6.45, 7) is 0.576. The van der Waals surface area contributed by atoms with Crippen molar-refractivity contribution >= 4 is 12.0 Å². The highest BCUT2D eigenvalue weighted by Gasteiger charge is 2.19. The van der Waals surface area contributed by atoms with E-state index in [4.69, 9.17) is 0 Å². The van der Waals surface area contributed by atoms with Crippen molar-refractivity contribution in [3.63, 3.8) is 0 Å². The van der Waals surface area contributed by atoms with Crippen LogP contribution in [0.1, 0.15) is 27.4 Å². The number of ketones is 1. The lowest BCUT2D eigenvalue weighted by Crippen LogP contribution is -2.14. The predicted octanol–water partition coefficient (Wildman–Crippen LogP) is 4.92. The molecule has 0 spiro atoms. The van der Waals surface area contributed by atoms with E-state index in [1.54, 1.807) is 6.21 Å². The van der Waals surface area contributed by atoms with Crippen LogP contribution in [0.2, 0.25) is 0 Å². The molecule has 0 aromatic heterocycles. The number of aliphatic imine (C=N–C) groups is 1. The highest BCUT2D eigenvalue weighted by molar-refractivity contribution is 6.10. The molecule has 0 amide bonds. The summed E-state index contributed by atoms with van der Waals surface area (Å²) in [5, 5.41) is 0. The van der Waals surface area contributed by atoms with Gasteiger partial charge in [-0.1, -0.05) is 91.0 Å². The minimum Gasteiger partial charge on any atom is -0.293 e. The fraction of sp³-hybridized carbons (Fsp3) is 0.0909. The lowest BCUT2D eigenvalue weighted by Gasteiger charge is -2.12. The number of Topliss-reactive ketones (excluding diaryl/α,β-unsaturated/α-hetero) is 1. The van der Waals surface area contributed by atoms with Crippen molar-refractivity contribution in [3.05, 3.63) is 108 Å². The van der Waals surface area contributed by atoms with Crippen molar-refractivity contribution < 1.29 is 4.79 Å². The van der Waals surface area contributed by atoms with Crippen LogP contribution in [-0.4, -0.2) is 12.0 Å². The lowest BCUT2D eigenvalue weighted by atomic mass is 9.91. The van der Waals surface area contributed by atoms with E-state index in [0.29, 0.717) is 12.1 Å². The van der Waals surface area contributed by atoms with Gasteiger partial charge in [0.25, 0.3) is 0 Å². The molecule has 0 fully saturated rings. The first kappa shape index (κ1) is 15.9. The van der Waals surface area contributed by atoms with E-state index in [1.165, 1.54) is 0 Å². The summed E-state index contributed by atoms with van der Waals surface area (Å²) >= 11 is 0. The molecule has 2 nitrogen and oxygen atoms in total. The van der Waals surface area contributed by atoms with Crippen LogP contribution in [0.3, 0.4) is 0 Å². The standard InChI is InChI=1S/C22H19NO/c24-22(20-14-8-3-9-15-20)21(19-12-6-2-7-13-19)17-23-16-18-10-4-1-5-11-18/h1-15,17,21H,16H2. The second-order valence-corrected chi connectivity index (χ2v) is 5.59. The molecule has 24 heavy (non-hydrogen) atoms. The molecule has 3 aromatic rings. The number of hydrogen-bond donors (Lipinski definition) is 0. The zero-order chi connectivity index (χ0) is 16.6. The van der Waals surface area contributed by atoms with E-state index in [1.807, 2.05) is 91.0 Å². The van der Waals surface area contributed by atoms with Crippen molar-refractivity contribution in [3.8, 4) is 0 Å². The van der Waals surface area contributed by atoms with Crippen LogP contribution in [0, 0.1) is 0 Å². The molecular weight excluding hydrogens is 294 g/mol. The van der Waals surface area contributed by atoms with Gasteiger partial charge in [0.1, 0.15) is 0 Å². The van der Waals surface area contributed by atoms with E-state index >= 15 is 0 Å². The number of carbonyl (C=O) groups excluding carboxylic acids is 1. The Morgan fingerprint density at radius 3 is 1.96 bits per heavy atom. The molecule has 1 atom stereocenters. The summed E-state index contributed by atoms with van der Waals surface area (Å²) in [5.41, 5.74) is 2.80. The number of rotatable bonds is 6. The number of nitrogens with zero attached hydrogens (tertiary/aromatic N) is 1. The maximum Gasteiger partial charge on any atom is 0.175 e. The van der Waals surface area contributed by atoms with Crippen LogP contribution in [0.5, 0.6) is 0 Å². The Bertz CT molecular complexity index is 795. The van der Waals surface area contributed by atoms with E-state index in [2.05, 4.69) is 4.99 Å². The molecule has 0 saturated carbocycles. The molecule has 1 unspecified atom stereocenters. The second kappa shape index (κ2) is 8.02. The first-order chi connectivity index (χ1) is 11.8. The van der Waals surface area contributed by atoms with E-state index in [9.17, 15) is 4.79 Å². The molecule has 0 heterocycles. The Balaban J connectivity index is 1.84. The molecule has 3 rings (SSSR count). The molecule has 0 bridgehead atoms. The first-order valence-corrected chi connectivity index (χ1v) is 8.02. The Morgan fingerprint density at radius 2 is 1.33 bits per heavy atom. The molecule has 0 radical (unpaired) electrons. The molecule has 3 aromatic carbocycles. The summed E-state index contributed by atoms with van der Waals surface area (Å²) in [7, 11) is 0. The van der Waals surface area contributed by atoms with Gasteiger partial charge in [0.05, 0.1) is 12.5 Å². The van der Waals surface area contributed by atoms with Gasteiger partial charge in [-0.2, -0.15) is 0 Å². The van der Waals surface area contributed by atoms with Crippen molar-refractivity contribution in [2.75, 3.05) is 0 Å². The van der Waals surface area contributed by atoms with Crippen LogP contribution in [0.25, 0.3) is 0 Å². The van der Waals surface area contributed by atoms with Crippen LogP contribution >= 0.6 is 0 Å². The number of benzene rings is 3. The van der Waals surface area contributed by atoms with Gasteiger partial charge in [-0.05, 0) is 11.1 Å². The third kappa shape index (κ3) is 4.05. The maximum absolute atomic E-state index is 12.9. The van der Waals surface area contributed by atoms with Crippen LogP contribution in [0.4, 0.5) is 0 Å². The summed E-state index contributed by atoms with van der Waals surface area (Å²) < 4.78 is 0. The van der Waals surface area contributed by atoms with Crippen LogP contribution in [-0.2, 0) is 6.54 Å². The van der Waals surface area contributed by atoms with Crippen LogP contribution in [0.15, 0.2) is 96.0 Å². The summed E-state index contributed by atoms with van der Waals surface area (Å²) in [4.78, 5) is 17.4. The average Bonchev–Trinajstić information content (AvgIpc) is 2.67. The Labute approximate surface area is 142 Å². The lowest BCUT2D eigenvalue weighted by molar-refractivity contribution is 0.0984. The normalized spacial score (nSPS) is 12.2. The first-order valence-electron chi connectivity index (χ1n) is 8.02. The Kier molecular flexibility index (Phi) is 5.31. The maximum atomic E-state index is 12.9. The molecule has 0 aliphatic heterocycles. The zero-order valence-corrected chi connectivity index (χ0v) is 13.4. The van der Waals surface area contributed by atoms with E-state index in [0.717, 1.165) is 11.1 Å². The van der Waals surface area contributed by atoms with Gasteiger partial charge in [-0.25, -0.2) is 0 Å². The Morgan fingerprint density at radius 1 is 0.792 bits per heavy atom. The quantitative estimate of drug-likeness (QED) is 0.469. The smallest absolute Gasteiger partial charge is 0.175 e. The monoisotopic (exact) mass is 313 g/mol. The molecule has 0 N–H and O–H groups in total. The zero-order valence-electron chi connectivity index (χ0n) is 13.4. The Hall–Kier alpha value is -3.00. The third-order valence-electron chi connectivity index (χ3n) is 3.87. The fourth-order valence-corrected chi connectivity index (χ4v) is 2.59. The highest BCUT2D eigenvalue weighted by Crippen LogP contribution is 2.19. The third-order valence-corrected chi connectivity index (χ3v) is 3.87. The molecule has 118 valence electrons. The van der Waals surface area contributed by atoms with Crippen molar-refractivity contribution in [2.24, 2.45) is 4.99 Å². The van der Waals surface area contributed by atoms with Gasteiger partial charge in [0.2, 0.25) is 0 Å². The van der Waals surface area contributed by atoms with Gasteiger partial charge in [0, 0.05) is 11.8 Å². The molecular formula is C22H19NO. The van der Waals surface area contributed by atoms with E-state index in [-0.39, 0.29) is 11.7 Å². The molecule has 0 saturated heterocycles. The predicted molar refractivity (Wildman–Crippen MR) is 98.6 cm³/mol. The summed E-state index contributed by atoms with van der Waals surface area (Å²) in [5.74, 6) is -0.295. The minimum absolute atomic E-state index is 0.0682. The van der Waals surface area contributed by atoms with Crippen molar-refractivity contribution in [1.29, 1.82) is 0 Å². The number of hydrogen-bond acceptors (Lipinski definition) is 2. The van der Waals surface area contributed by atoms with Crippen molar-refractivity contribution in [2.45, 2.75) is 12.5 Å². The van der Waals surface area contributed by atoms with Gasteiger partial charge in [-0.3, -0.25) is 9.79 Å². The van der Waals surface area contributed by atoms with Gasteiger partial charge < -0.3 is 0 Å². The fourth-order valence-electron chi connectivity index (χ4n) is 2.59. The van der Waals surface area contributed by atoms with Crippen molar-refractivity contribution in [1.82, 2.24) is 0 Å². The van der Waals surface area contributed by atoms with Gasteiger partial charge >= 0.3 is 0 Å². The average molecular weight is 313 g/mol. The molecule has 2 heteroatoms. The van der Waals surface area contributed by atoms with E-state index < -0.39 is 0 Å². The SMILES string of the molecule is O=C(c1ccccc1)C(C=NCc1ccccc1)c1ccccc1. The largest absolute Gasteiger partial charge is 0.293 e. The van der Waals surface area contributed by atoms with Crippen LogP contribution < -0.4 is 0 Å². The molecule has 0 aliphatic rings. The van der Waals surface area contributed by atoms with Gasteiger partial charge in [-0.15, -0.1) is 0 Å². The van der Waals surface area contributed by atoms with Gasteiger partial charge in [0.15, 0.2) is 5.78 Å². The topological polar surface area (TPSA) is 29.4 Å². The summed E-state index contributed by atoms with van der Waals surface area (Å²) in [6.07, 6.45) is 1.78. The number of carbonyl (C=O) groups is 1.